The van der Waals surface area contributed by atoms with Crippen LogP contribution in [0.1, 0.15) is 22.7 Å². The van der Waals surface area contributed by atoms with E-state index in [-0.39, 0.29) is 6.04 Å². The van der Waals surface area contributed by atoms with E-state index >= 15 is 0 Å². The second-order valence-electron chi connectivity index (χ2n) is 4.81. The fourth-order valence-corrected chi connectivity index (χ4v) is 3.36. The number of hydrogen-bond donors (Lipinski definition) is 1. The van der Waals surface area contributed by atoms with Gasteiger partial charge < -0.3 is 5.32 Å². The molecule has 1 nitrogen and oxygen atoms in total. The van der Waals surface area contributed by atoms with Crippen molar-refractivity contribution < 1.29 is 0 Å². The summed E-state index contributed by atoms with van der Waals surface area (Å²) in [6.45, 7) is 2.08. The van der Waals surface area contributed by atoms with Crippen molar-refractivity contribution in [2.75, 3.05) is 7.05 Å². The fourth-order valence-electron chi connectivity index (χ4n) is 2.20. The lowest BCUT2D eigenvalue weighted by Crippen LogP contribution is -2.19. The summed E-state index contributed by atoms with van der Waals surface area (Å²) in [6.07, 6.45) is 0.789. The van der Waals surface area contributed by atoms with Gasteiger partial charge in [0.25, 0.3) is 0 Å². The monoisotopic (exact) mass is 371 g/mol. The Balaban J connectivity index is 2.31. The van der Waals surface area contributed by atoms with Crippen molar-refractivity contribution in [3.63, 3.8) is 0 Å². The van der Waals surface area contributed by atoms with E-state index in [1.807, 2.05) is 25.2 Å². The van der Waals surface area contributed by atoms with Gasteiger partial charge in [-0.3, -0.25) is 0 Å². The average Bonchev–Trinajstić information content (AvgIpc) is 2.40. The highest BCUT2D eigenvalue weighted by atomic mass is 79.9. The van der Waals surface area contributed by atoms with E-state index in [0.29, 0.717) is 5.02 Å². The lowest BCUT2D eigenvalue weighted by atomic mass is 9.98. The van der Waals surface area contributed by atoms with Crippen LogP contribution in [0.3, 0.4) is 0 Å². The summed E-state index contributed by atoms with van der Waals surface area (Å²) in [5.41, 5.74) is 3.50. The number of hydrogen-bond acceptors (Lipinski definition) is 1. The highest BCUT2D eigenvalue weighted by Crippen LogP contribution is 2.30. The van der Waals surface area contributed by atoms with Gasteiger partial charge in [0.05, 0.1) is 0 Å². The molecule has 1 atom stereocenters. The third-order valence-corrected chi connectivity index (χ3v) is 4.60. The standard InChI is InChI=1S/C16H16BrCl2N/c1-10-3-5-13(14(17)7-10)16(20-2)9-11-8-12(18)4-6-15(11)19/h3-8,16,20H,9H2,1-2H3. The topological polar surface area (TPSA) is 12.0 Å². The molecule has 0 aromatic heterocycles. The molecule has 1 unspecified atom stereocenters. The summed E-state index contributed by atoms with van der Waals surface area (Å²) in [5, 5.41) is 4.80. The van der Waals surface area contributed by atoms with Gasteiger partial charge in [-0.05, 0) is 61.3 Å². The third kappa shape index (κ3) is 3.76. The molecule has 0 amide bonds. The van der Waals surface area contributed by atoms with Crippen molar-refractivity contribution in [1.29, 1.82) is 0 Å². The van der Waals surface area contributed by atoms with Crippen LogP contribution in [0.25, 0.3) is 0 Å². The maximum Gasteiger partial charge on any atom is 0.0439 e. The Hall–Kier alpha value is -0.540. The van der Waals surface area contributed by atoms with Crippen LogP contribution in [0.15, 0.2) is 40.9 Å². The van der Waals surface area contributed by atoms with Crippen molar-refractivity contribution in [3.05, 3.63) is 67.6 Å². The highest BCUT2D eigenvalue weighted by molar-refractivity contribution is 9.10. The largest absolute Gasteiger partial charge is 0.313 e. The second-order valence-corrected chi connectivity index (χ2v) is 6.50. The molecule has 2 aromatic rings. The van der Waals surface area contributed by atoms with Crippen LogP contribution in [0.2, 0.25) is 10.0 Å². The normalized spacial score (nSPS) is 12.4. The molecule has 0 radical (unpaired) electrons. The van der Waals surface area contributed by atoms with Crippen LogP contribution in [-0.2, 0) is 6.42 Å². The number of aryl methyl sites for hydroxylation is 1. The van der Waals surface area contributed by atoms with Gasteiger partial charge in [0.1, 0.15) is 0 Å². The molecular formula is C16H16BrCl2N. The molecule has 0 spiro atoms. The molecule has 106 valence electrons. The number of likely N-dealkylation sites (N-methyl/N-ethyl adjacent to an activating group) is 1. The van der Waals surface area contributed by atoms with Crippen molar-refractivity contribution in [3.8, 4) is 0 Å². The summed E-state index contributed by atoms with van der Waals surface area (Å²) in [5.74, 6) is 0. The first-order valence-electron chi connectivity index (χ1n) is 6.38. The van der Waals surface area contributed by atoms with Gasteiger partial charge in [0.15, 0.2) is 0 Å². The molecule has 0 aliphatic carbocycles. The summed E-state index contributed by atoms with van der Waals surface area (Å²) in [4.78, 5) is 0. The summed E-state index contributed by atoms with van der Waals surface area (Å²) < 4.78 is 1.11. The first-order valence-corrected chi connectivity index (χ1v) is 7.93. The molecule has 0 saturated heterocycles. The van der Waals surface area contributed by atoms with Crippen LogP contribution < -0.4 is 5.32 Å². The van der Waals surface area contributed by atoms with Gasteiger partial charge >= 0.3 is 0 Å². The molecular weight excluding hydrogens is 357 g/mol. The minimum absolute atomic E-state index is 0.181. The number of benzene rings is 2. The molecule has 1 N–H and O–H groups in total. The van der Waals surface area contributed by atoms with Crippen molar-refractivity contribution >= 4 is 39.1 Å². The van der Waals surface area contributed by atoms with Crippen molar-refractivity contribution in [2.45, 2.75) is 19.4 Å². The van der Waals surface area contributed by atoms with E-state index < -0.39 is 0 Å². The van der Waals surface area contributed by atoms with E-state index in [9.17, 15) is 0 Å². The smallest absolute Gasteiger partial charge is 0.0439 e. The average molecular weight is 373 g/mol. The molecule has 0 aliphatic rings. The summed E-state index contributed by atoms with van der Waals surface area (Å²) in [6, 6.07) is 12.1. The Kier molecular flexibility index (Phi) is 5.50. The molecule has 4 heteroatoms. The van der Waals surface area contributed by atoms with Crippen molar-refractivity contribution in [2.24, 2.45) is 0 Å². The number of rotatable bonds is 4. The van der Waals surface area contributed by atoms with E-state index in [0.717, 1.165) is 21.5 Å². The van der Waals surface area contributed by atoms with Crippen molar-refractivity contribution in [1.82, 2.24) is 5.32 Å². The molecule has 0 saturated carbocycles. The molecule has 2 aromatic carbocycles. The molecule has 2 rings (SSSR count). The van der Waals surface area contributed by atoms with Crippen LogP contribution in [0, 0.1) is 6.92 Å². The second kappa shape index (κ2) is 6.95. The first kappa shape index (κ1) is 15.8. The highest BCUT2D eigenvalue weighted by Gasteiger charge is 2.15. The third-order valence-electron chi connectivity index (χ3n) is 3.31. The Morgan fingerprint density at radius 2 is 1.90 bits per heavy atom. The van der Waals surface area contributed by atoms with Crippen LogP contribution in [-0.4, -0.2) is 7.05 Å². The molecule has 20 heavy (non-hydrogen) atoms. The van der Waals surface area contributed by atoms with Gasteiger partial charge in [0, 0.05) is 20.6 Å². The van der Waals surface area contributed by atoms with E-state index in [4.69, 9.17) is 23.2 Å². The summed E-state index contributed by atoms with van der Waals surface area (Å²) >= 11 is 15.9. The fraction of sp³-hybridized carbons (Fsp3) is 0.250. The zero-order valence-corrected chi connectivity index (χ0v) is 14.5. The molecule has 0 fully saturated rings. The number of nitrogens with one attached hydrogen (secondary N) is 1. The minimum Gasteiger partial charge on any atom is -0.313 e. The van der Waals surface area contributed by atoms with Crippen LogP contribution >= 0.6 is 39.1 Å². The Bertz CT molecular complexity index is 613. The minimum atomic E-state index is 0.181. The maximum atomic E-state index is 6.25. The van der Waals surface area contributed by atoms with E-state index in [1.165, 1.54) is 11.1 Å². The van der Waals surface area contributed by atoms with E-state index in [1.54, 1.807) is 0 Å². The quantitative estimate of drug-likeness (QED) is 0.739. The molecule has 0 aliphatic heterocycles. The molecule has 0 heterocycles. The predicted octanol–water partition coefficient (Wildman–Crippen LogP) is 5.57. The maximum absolute atomic E-state index is 6.25. The van der Waals surface area contributed by atoms with Gasteiger partial charge in [-0.2, -0.15) is 0 Å². The van der Waals surface area contributed by atoms with E-state index in [2.05, 4.69) is 46.4 Å². The Morgan fingerprint density at radius 1 is 1.15 bits per heavy atom. The lowest BCUT2D eigenvalue weighted by molar-refractivity contribution is 0.590. The lowest BCUT2D eigenvalue weighted by Gasteiger charge is -2.19. The SMILES string of the molecule is CNC(Cc1cc(Cl)ccc1Cl)c1ccc(C)cc1Br. The van der Waals surface area contributed by atoms with Crippen LogP contribution in [0.4, 0.5) is 0 Å². The zero-order chi connectivity index (χ0) is 14.7. The van der Waals surface area contributed by atoms with Crippen LogP contribution in [0.5, 0.6) is 0 Å². The van der Waals surface area contributed by atoms with Gasteiger partial charge in [-0.25, -0.2) is 0 Å². The summed E-state index contributed by atoms with van der Waals surface area (Å²) in [7, 11) is 1.95. The Morgan fingerprint density at radius 3 is 2.55 bits per heavy atom. The number of halogens is 3. The molecule has 0 bridgehead atoms. The van der Waals surface area contributed by atoms with Gasteiger partial charge in [0.2, 0.25) is 0 Å². The van der Waals surface area contributed by atoms with Gasteiger partial charge in [-0.1, -0.05) is 51.3 Å². The first-order chi connectivity index (χ1) is 9.51. The zero-order valence-electron chi connectivity index (χ0n) is 11.4. The predicted molar refractivity (Wildman–Crippen MR) is 90.8 cm³/mol. The Labute approximate surface area is 138 Å². The van der Waals surface area contributed by atoms with Gasteiger partial charge in [-0.15, -0.1) is 0 Å².